The van der Waals surface area contributed by atoms with Crippen LogP contribution >= 0.6 is 23.2 Å². The van der Waals surface area contributed by atoms with E-state index in [1.165, 1.54) is 6.07 Å². The van der Waals surface area contributed by atoms with E-state index in [1.807, 2.05) is 6.92 Å². The lowest BCUT2D eigenvalue weighted by Gasteiger charge is -2.11. The van der Waals surface area contributed by atoms with Crippen molar-refractivity contribution in [2.75, 3.05) is 16.8 Å². The minimum Gasteiger partial charge on any atom is -0.399 e. The number of halogens is 2. The predicted molar refractivity (Wildman–Crippen MR) is 84.4 cm³/mol. The number of anilines is 3. The van der Waals surface area contributed by atoms with Crippen LogP contribution in [0.1, 0.15) is 15.9 Å². The molecule has 0 unspecified atom stereocenters. The molecular weight excluding hydrogens is 297 g/mol. The van der Waals surface area contributed by atoms with Gasteiger partial charge in [0.05, 0.1) is 16.3 Å². The van der Waals surface area contributed by atoms with Crippen LogP contribution in [0.25, 0.3) is 0 Å². The molecule has 6 heteroatoms. The van der Waals surface area contributed by atoms with Gasteiger partial charge in [0.2, 0.25) is 0 Å². The van der Waals surface area contributed by atoms with Crippen molar-refractivity contribution in [3.05, 3.63) is 51.5 Å². The Kier molecular flexibility index (Phi) is 4.06. The molecule has 1 amide bonds. The summed E-state index contributed by atoms with van der Waals surface area (Å²) in [6.45, 7) is 1.83. The highest BCUT2D eigenvalue weighted by atomic mass is 35.5. The Balaban J connectivity index is 2.30. The summed E-state index contributed by atoms with van der Waals surface area (Å²) in [5, 5.41) is 3.61. The van der Waals surface area contributed by atoms with Crippen LogP contribution in [0.3, 0.4) is 0 Å². The monoisotopic (exact) mass is 309 g/mol. The van der Waals surface area contributed by atoms with Gasteiger partial charge in [0.25, 0.3) is 5.91 Å². The summed E-state index contributed by atoms with van der Waals surface area (Å²) in [5.74, 6) is -0.371. The first kappa shape index (κ1) is 14.5. The van der Waals surface area contributed by atoms with E-state index in [4.69, 9.17) is 34.7 Å². The molecule has 0 radical (unpaired) electrons. The third kappa shape index (κ3) is 2.98. The van der Waals surface area contributed by atoms with E-state index in [0.29, 0.717) is 32.7 Å². The van der Waals surface area contributed by atoms with E-state index in [-0.39, 0.29) is 5.91 Å². The normalized spacial score (nSPS) is 10.3. The minimum atomic E-state index is -0.371. The molecule has 0 aromatic heterocycles. The summed E-state index contributed by atoms with van der Waals surface area (Å²) in [7, 11) is 0. The summed E-state index contributed by atoms with van der Waals surface area (Å²) in [6, 6.07) is 7.98. The van der Waals surface area contributed by atoms with Gasteiger partial charge in [-0.1, -0.05) is 23.2 Å². The number of carbonyl (C=O) groups excluding carboxylic acids is 1. The van der Waals surface area contributed by atoms with Crippen LogP contribution in [0.2, 0.25) is 10.0 Å². The smallest absolute Gasteiger partial charge is 0.257 e. The molecule has 2 aromatic carbocycles. The molecule has 4 nitrogen and oxygen atoms in total. The average Bonchev–Trinajstić information content (AvgIpc) is 2.35. The highest BCUT2D eigenvalue weighted by Gasteiger charge is 2.13. The first-order valence-electron chi connectivity index (χ1n) is 5.80. The van der Waals surface area contributed by atoms with Crippen LogP contribution in [0, 0.1) is 6.92 Å². The van der Waals surface area contributed by atoms with Gasteiger partial charge >= 0.3 is 0 Å². The fraction of sp³-hybridized carbons (Fsp3) is 0.0714. The topological polar surface area (TPSA) is 81.1 Å². The number of nitrogens with two attached hydrogens (primary N) is 2. The van der Waals surface area contributed by atoms with Gasteiger partial charge in [0.15, 0.2) is 0 Å². The zero-order valence-corrected chi connectivity index (χ0v) is 12.2. The Morgan fingerprint density at radius 1 is 1.10 bits per heavy atom. The maximum Gasteiger partial charge on any atom is 0.257 e. The number of hydrogen-bond acceptors (Lipinski definition) is 3. The van der Waals surface area contributed by atoms with Crippen molar-refractivity contribution in [3.63, 3.8) is 0 Å². The first-order valence-corrected chi connectivity index (χ1v) is 6.56. The fourth-order valence-electron chi connectivity index (χ4n) is 1.72. The summed E-state index contributed by atoms with van der Waals surface area (Å²) >= 11 is 12.1. The van der Waals surface area contributed by atoms with Crippen molar-refractivity contribution >= 4 is 46.2 Å². The standard InChI is InChI=1S/C14H13Cl2N3O/c1-7-4-11(16)13(6-10(7)15)19-14(20)9-3-2-8(17)5-12(9)18/h2-6H,17-18H2,1H3,(H,19,20). The Morgan fingerprint density at radius 2 is 1.80 bits per heavy atom. The van der Waals surface area contributed by atoms with E-state index < -0.39 is 0 Å². The molecule has 2 rings (SSSR count). The third-order valence-corrected chi connectivity index (χ3v) is 3.54. The van der Waals surface area contributed by atoms with Crippen molar-refractivity contribution in [1.82, 2.24) is 0 Å². The number of amides is 1. The van der Waals surface area contributed by atoms with Gasteiger partial charge in [-0.15, -0.1) is 0 Å². The largest absolute Gasteiger partial charge is 0.399 e. The maximum atomic E-state index is 12.2. The summed E-state index contributed by atoms with van der Waals surface area (Å²) < 4.78 is 0. The zero-order valence-electron chi connectivity index (χ0n) is 10.7. The first-order chi connectivity index (χ1) is 9.38. The maximum absolute atomic E-state index is 12.2. The molecule has 0 aliphatic carbocycles. The van der Waals surface area contributed by atoms with Crippen molar-refractivity contribution in [3.8, 4) is 0 Å². The van der Waals surface area contributed by atoms with E-state index in [2.05, 4.69) is 5.32 Å². The van der Waals surface area contributed by atoms with Crippen molar-refractivity contribution in [2.45, 2.75) is 6.92 Å². The Labute approximate surface area is 126 Å². The van der Waals surface area contributed by atoms with Gasteiger partial charge < -0.3 is 16.8 Å². The number of aryl methyl sites for hydroxylation is 1. The van der Waals surface area contributed by atoms with Crippen LogP contribution in [0.5, 0.6) is 0 Å². The molecule has 0 saturated carbocycles. The number of rotatable bonds is 2. The van der Waals surface area contributed by atoms with E-state index in [9.17, 15) is 4.79 Å². The second-order valence-corrected chi connectivity index (χ2v) is 5.20. The Hall–Kier alpha value is -1.91. The van der Waals surface area contributed by atoms with E-state index in [1.54, 1.807) is 24.3 Å². The quantitative estimate of drug-likeness (QED) is 0.739. The molecular formula is C14H13Cl2N3O. The number of carbonyl (C=O) groups is 1. The number of nitrogen functional groups attached to an aromatic ring is 2. The van der Waals surface area contributed by atoms with Crippen molar-refractivity contribution < 1.29 is 4.79 Å². The van der Waals surface area contributed by atoms with Gasteiger partial charge in [-0.25, -0.2) is 0 Å². The minimum absolute atomic E-state index is 0.303. The van der Waals surface area contributed by atoms with Crippen LogP contribution in [-0.4, -0.2) is 5.91 Å². The molecule has 20 heavy (non-hydrogen) atoms. The molecule has 5 N–H and O–H groups in total. The molecule has 0 bridgehead atoms. The average molecular weight is 310 g/mol. The van der Waals surface area contributed by atoms with Crippen LogP contribution < -0.4 is 16.8 Å². The highest BCUT2D eigenvalue weighted by Crippen LogP contribution is 2.29. The SMILES string of the molecule is Cc1cc(Cl)c(NC(=O)c2ccc(N)cc2N)cc1Cl. The van der Waals surface area contributed by atoms with Gasteiger partial charge in [0.1, 0.15) is 0 Å². The van der Waals surface area contributed by atoms with Crippen molar-refractivity contribution in [1.29, 1.82) is 0 Å². The summed E-state index contributed by atoms with van der Waals surface area (Å²) in [4.78, 5) is 12.2. The van der Waals surface area contributed by atoms with E-state index >= 15 is 0 Å². The van der Waals surface area contributed by atoms with Gasteiger partial charge in [-0.3, -0.25) is 4.79 Å². The molecule has 0 saturated heterocycles. The molecule has 104 valence electrons. The van der Waals surface area contributed by atoms with Gasteiger partial charge in [-0.05, 0) is 42.8 Å². The van der Waals surface area contributed by atoms with Crippen LogP contribution in [0.4, 0.5) is 17.1 Å². The van der Waals surface area contributed by atoms with Crippen LogP contribution in [0.15, 0.2) is 30.3 Å². The second-order valence-electron chi connectivity index (χ2n) is 4.38. The molecule has 0 fully saturated rings. The van der Waals surface area contributed by atoms with Gasteiger partial charge in [-0.2, -0.15) is 0 Å². The van der Waals surface area contributed by atoms with E-state index in [0.717, 1.165) is 5.56 Å². The molecule has 0 aliphatic heterocycles. The second kappa shape index (κ2) is 5.61. The predicted octanol–water partition coefficient (Wildman–Crippen LogP) is 3.72. The highest BCUT2D eigenvalue weighted by molar-refractivity contribution is 6.36. The molecule has 0 heterocycles. The van der Waals surface area contributed by atoms with Crippen molar-refractivity contribution in [2.24, 2.45) is 0 Å². The number of nitrogens with one attached hydrogen (secondary N) is 1. The summed E-state index contributed by atoms with van der Waals surface area (Å²) in [6.07, 6.45) is 0. The molecule has 0 atom stereocenters. The lowest BCUT2D eigenvalue weighted by atomic mass is 10.1. The third-order valence-electron chi connectivity index (χ3n) is 2.82. The lowest BCUT2D eigenvalue weighted by Crippen LogP contribution is -2.14. The fourth-order valence-corrected chi connectivity index (χ4v) is 2.15. The van der Waals surface area contributed by atoms with Gasteiger partial charge in [0, 0.05) is 16.4 Å². The number of benzene rings is 2. The summed E-state index contributed by atoms with van der Waals surface area (Å²) in [5.41, 5.74) is 13.8. The molecule has 0 spiro atoms. The molecule has 0 aliphatic rings. The zero-order chi connectivity index (χ0) is 14.9. The molecule has 2 aromatic rings. The Bertz CT molecular complexity index is 686. The number of hydrogen-bond donors (Lipinski definition) is 3. The van der Waals surface area contributed by atoms with Crippen LogP contribution in [-0.2, 0) is 0 Å². The Morgan fingerprint density at radius 3 is 2.45 bits per heavy atom. The lowest BCUT2D eigenvalue weighted by molar-refractivity contribution is 0.102.